The molecule has 4 aliphatic rings. The van der Waals surface area contributed by atoms with Gasteiger partial charge in [-0.05, 0) is 64.2 Å². The van der Waals surface area contributed by atoms with Crippen molar-refractivity contribution in [1.82, 2.24) is 15.1 Å². The second kappa shape index (κ2) is 12.9. The lowest BCUT2D eigenvalue weighted by molar-refractivity contribution is -0.158. The van der Waals surface area contributed by atoms with Gasteiger partial charge in [-0.15, -0.1) is 0 Å². The van der Waals surface area contributed by atoms with Crippen molar-refractivity contribution in [2.75, 3.05) is 64.8 Å². The SMILES string of the molecule is CCOc1cc(N)c(Cl)cc1C(=O)NC[C@@H]1CN(CCCCC(=O)O[C@H]2CN3CCC2CC3)CCO1. The number of halogens is 1. The molecule has 2 bridgehead atoms. The summed E-state index contributed by atoms with van der Waals surface area (Å²) in [5.41, 5.74) is 6.58. The van der Waals surface area contributed by atoms with Gasteiger partial charge < -0.3 is 25.3 Å². The van der Waals surface area contributed by atoms with Gasteiger partial charge in [-0.25, -0.2) is 0 Å². The summed E-state index contributed by atoms with van der Waals surface area (Å²) in [7, 11) is 0. The Morgan fingerprint density at radius 2 is 2.00 bits per heavy atom. The molecule has 4 heterocycles. The average molecular weight is 523 g/mol. The molecule has 0 saturated carbocycles. The Hall–Kier alpha value is -2.07. The Balaban J connectivity index is 1.15. The summed E-state index contributed by atoms with van der Waals surface area (Å²) in [4.78, 5) is 29.8. The number of carbonyl (C=O) groups excluding carboxylic acids is 2. The molecule has 4 fully saturated rings. The summed E-state index contributed by atoms with van der Waals surface area (Å²) >= 11 is 6.12. The van der Waals surface area contributed by atoms with Gasteiger partial charge in [-0.1, -0.05) is 11.6 Å². The summed E-state index contributed by atoms with van der Waals surface area (Å²) in [6, 6.07) is 3.11. The predicted octanol–water partition coefficient (Wildman–Crippen LogP) is 2.56. The Labute approximate surface area is 218 Å². The first kappa shape index (κ1) is 27.0. The van der Waals surface area contributed by atoms with E-state index in [0.29, 0.717) is 54.1 Å². The maximum atomic E-state index is 12.8. The van der Waals surface area contributed by atoms with Crippen molar-refractivity contribution in [3.05, 3.63) is 22.7 Å². The molecule has 10 heteroatoms. The van der Waals surface area contributed by atoms with Crippen molar-refractivity contribution in [3.63, 3.8) is 0 Å². The van der Waals surface area contributed by atoms with Crippen LogP contribution in [0.1, 0.15) is 49.4 Å². The molecule has 200 valence electrons. The maximum Gasteiger partial charge on any atom is 0.306 e. The van der Waals surface area contributed by atoms with Gasteiger partial charge in [0.25, 0.3) is 5.91 Å². The van der Waals surface area contributed by atoms with Crippen LogP contribution in [0.15, 0.2) is 12.1 Å². The fourth-order valence-electron chi connectivity index (χ4n) is 5.31. The van der Waals surface area contributed by atoms with Crippen LogP contribution in [-0.2, 0) is 14.3 Å². The quantitative estimate of drug-likeness (QED) is 0.259. The van der Waals surface area contributed by atoms with Crippen LogP contribution in [0.4, 0.5) is 5.69 Å². The molecule has 2 atom stereocenters. The van der Waals surface area contributed by atoms with Crippen molar-refractivity contribution < 1.29 is 23.8 Å². The zero-order chi connectivity index (χ0) is 25.5. The van der Waals surface area contributed by atoms with Crippen LogP contribution >= 0.6 is 11.6 Å². The highest BCUT2D eigenvalue weighted by Gasteiger charge is 2.36. The van der Waals surface area contributed by atoms with Gasteiger partial charge in [-0.2, -0.15) is 0 Å². The van der Waals surface area contributed by atoms with Crippen LogP contribution < -0.4 is 15.8 Å². The van der Waals surface area contributed by atoms with Crippen LogP contribution in [0.2, 0.25) is 5.02 Å². The number of anilines is 1. The molecule has 4 aliphatic heterocycles. The molecule has 0 aliphatic carbocycles. The molecule has 1 aromatic rings. The van der Waals surface area contributed by atoms with Crippen LogP contribution in [0, 0.1) is 5.92 Å². The third-order valence-electron chi connectivity index (χ3n) is 7.34. The summed E-state index contributed by atoms with van der Waals surface area (Å²) in [6.45, 7) is 8.91. The summed E-state index contributed by atoms with van der Waals surface area (Å²) in [6.07, 6.45) is 4.50. The Morgan fingerprint density at radius 3 is 2.72 bits per heavy atom. The molecule has 1 amide bonds. The lowest BCUT2D eigenvalue weighted by Crippen LogP contribution is -2.51. The Morgan fingerprint density at radius 1 is 1.19 bits per heavy atom. The number of nitrogens with one attached hydrogen (secondary N) is 1. The van der Waals surface area contributed by atoms with Gasteiger partial charge in [0.2, 0.25) is 0 Å². The van der Waals surface area contributed by atoms with Gasteiger partial charge in [0.1, 0.15) is 11.9 Å². The van der Waals surface area contributed by atoms with E-state index in [2.05, 4.69) is 15.1 Å². The van der Waals surface area contributed by atoms with E-state index in [4.69, 9.17) is 31.5 Å². The molecule has 4 saturated heterocycles. The third-order valence-corrected chi connectivity index (χ3v) is 7.67. The van der Waals surface area contributed by atoms with Gasteiger partial charge in [0, 0.05) is 38.7 Å². The fraction of sp³-hybridized carbons (Fsp3) is 0.692. The molecule has 0 unspecified atom stereocenters. The van der Waals surface area contributed by atoms with E-state index in [1.807, 2.05) is 6.92 Å². The number of rotatable bonds is 11. The largest absolute Gasteiger partial charge is 0.493 e. The number of esters is 1. The number of piperidine rings is 3. The molecule has 5 rings (SSSR count). The van der Waals surface area contributed by atoms with E-state index in [1.54, 1.807) is 6.07 Å². The first-order valence-corrected chi connectivity index (χ1v) is 13.6. The second-order valence-corrected chi connectivity index (χ2v) is 10.3. The number of carbonyl (C=O) groups is 2. The molecular weight excluding hydrogens is 484 g/mol. The molecule has 0 spiro atoms. The summed E-state index contributed by atoms with van der Waals surface area (Å²) < 4.78 is 17.2. The summed E-state index contributed by atoms with van der Waals surface area (Å²) in [5.74, 6) is 0.621. The number of unbranched alkanes of at least 4 members (excludes halogenated alkanes) is 1. The highest BCUT2D eigenvalue weighted by atomic mass is 35.5. The number of nitrogen functional groups attached to an aromatic ring is 1. The van der Waals surface area contributed by atoms with Crippen LogP contribution in [0.25, 0.3) is 0 Å². The second-order valence-electron chi connectivity index (χ2n) is 9.93. The van der Waals surface area contributed by atoms with E-state index >= 15 is 0 Å². The molecule has 0 radical (unpaired) electrons. The van der Waals surface area contributed by atoms with E-state index < -0.39 is 0 Å². The van der Waals surface area contributed by atoms with Gasteiger partial charge >= 0.3 is 5.97 Å². The Kier molecular flexibility index (Phi) is 9.70. The highest BCUT2D eigenvalue weighted by Crippen LogP contribution is 2.30. The van der Waals surface area contributed by atoms with Crippen molar-refractivity contribution in [2.45, 2.75) is 51.2 Å². The number of amides is 1. The summed E-state index contributed by atoms with van der Waals surface area (Å²) in [5, 5.41) is 3.25. The number of hydrogen-bond donors (Lipinski definition) is 2. The minimum Gasteiger partial charge on any atom is -0.493 e. The van der Waals surface area contributed by atoms with E-state index in [9.17, 15) is 9.59 Å². The van der Waals surface area contributed by atoms with Crippen molar-refractivity contribution in [3.8, 4) is 5.75 Å². The average Bonchev–Trinajstić information content (AvgIpc) is 2.88. The van der Waals surface area contributed by atoms with Crippen molar-refractivity contribution >= 4 is 29.2 Å². The number of ether oxygens (including phenoxy) is 3. The van der Waals surface area contributed by atoms with Gasteiger partial charge in [0.05, 0.1) is 35.6 Å². The number of benzene rings is 1. The third kappa shape index (κ3) is 7.25. The molecule has 1 aromatic carbocycles. The standard InChI is InChI=1S/C26H39ClN4O5/c1-2-34-23-14-22(28)21(27)13-20(23)26(33)29-15-19-16-30(11-12-35-19)8-4-3-5-25(32)36-24-17-31-9-6-18(24)7-10-31/h13-14,18-19,24H,2-12,15-17,28H2,1H3,(H,29,33)/t19-,24+/m1/s1. The number of nitrogens with zero attached hydrogens (tertiary/aromatic N) is 2. The molecule has 36 heavy (non-hydrogen) atoms. The zero-order valence-corrected chi connectivity index (χ0v) is 21.9. The van der Waals surface area contributed by atoms with Crippen LogP contribution in [0.5, 0.6) is 5.75 Å². The van der Waals surface area contributed by atoms with E-state index in [1.165, 1.54) is 6.07 Å². The van der Waals surface area contributed by atoms with Gasteiger partial charge in [0.15, 0.2) is 0 Å². The minimum atomic E-state index is -0.275. The molecule has 3 N–H and O–H groups in total. The first-order chi connectivity index (χ1) is 17.4. The lowest BCUT2D eigenvalue weighted by atomic mass is 9.86. The topological polar surface area (TPSA) is 106 Å². The van der Waals surface area contributed by atoms with Gasteiger partial charge in [-0.3, -0.25) is 19.4 Å². The monoisotopic (exact) mass is 522 g/mol. The van der Waals surface area contributed by atoms with E-state index in [0.717, 1.165) is 65.0 Å². The first-order valence-electron chi connectivity index (χ1n) is 13.2. The van der Waals surface area contributed by atoms with Crippen molar-refractivity contribution in [2.24, 2.45) is 5.92 Å². The highest BCUT2D eigenvalue weighted by molar-refractivity contribution is 6.33. The lowest BCUT2D eigenvalue weighted by Gasteiger charge is -2.43. The van der Waals surface area contributed by atoms with E-state index in [-0.39, 0.29) is 24.1 Å². The number of hydrogen-bond acceptors (Lipinski definition) is 8. The molecule has 9 nitrogen and oxygen atoms in total. The number of fused-ring (bicyclic) bond motifs is 3. The normalized spacial score (nSPS) is 25.9. The Bertz CT molecular complexity index is 909. The van der Waals surface area contributed by atoms with Crippen LogP contribution in [-0.4, -0.2) is 92.9 Å². The minimum absolute atomic E-state index is 0.0643. The number of morpholine rings is 1. The zero-order valence-electron chi connectivity index (χ0n) is 21.2. The number of nitrogens with two attached hydrogens (primary N) is 1. The molecule has 0 aromatic heterocycles. The maximum absolute atomic E-state index is 12.8. The molecular formula is C26H39ClN4O5. The van der Waals surface area contributed by atoms with Crippen LogP contribution in [0.3, 0.4) is 0 Å². The predicted molar refractivity (Wildman–Crippen MR) is 138 cm³/mol. The smallest absolute Gasteiger partial charge is 0.306 e. The fourth-order valence-corrected chi connectivity index (χ4v) is 5.47. The van der Waals surface area contributed by atoms with Crippen molar-refractivity contribution in [1.29, 1.82) is 0 Å².